The summed E-state index contributed by atoms with van der Waals surface area (Å²) in [5.74, 6) is 0.914. The SMILES string of the molecule is CCNc1nc(OC)nc(N(C)C(C)(C)CO)n1. The molecule has 18 heavy (non-hydrogen) atoms. The van der Waals surface area contributed by atoms with Crippen LogP contribution in [0.15, 0.2) is 0 Å². The molecule has 0 spiro atoms. The summed E-state index contributed by atoms with van der Waals surface area (Å²) < 4.78 is 5.05. The molecule has 2 N–H and O–H groups in total. The highest BCUT2D eigenvalue weighted by molar-refractivity contribution is 5.39. The lowest BCUT2D eigenvalue weighted by atomic mass is 10.1. The molecule has 7 nitrogen and oxygen atoms in total. The second-order valence-electron chi connectivity index (χ2n) is 4.51. The van der Waals surface area contributed by atoms with Gasteiger partial charge in [-0.1, -0.05) is 0 Å². The van der Waals surface area contributed by atoms with Crippen molar-refractivity contribution in [3.05, 3.63) is 0 Å². The van der Waals surface area contributed by atoms with Gasteiger partial charge in [0.2, 0.25) is 11.9 Å². The smallest absolute Gasteiger partial charge is 0.322 e. The van der Waals surface area contributed by atoms with E-state index in [9.17, 15) is 5.11 Å². The number of anilines is 2. The minimum atomic E-state index is -0.462. The van der Waals surface area contributed by atoms with E-state index in [1.54, 1.807) is 4.90 Å². The first-order valence-corrected chi connectivity index (χ1v) is 5.83. The third-order valence-electron chi connectivity index (χ3n) is 2.72. The normalized spacial score (nSPS) is 11.2. The van der Waals surface area contributed by atoms with Crippen molar-refractivity contribution in [1.29, 1.82) is 0 Å². The van der Waals surface area contributed by atoms with E-state index >= 15 is 0 Å². The number of hydrogen-bond acceptors (Lipinski definition) is 7. The molecule has 1 aromatic heterocycles. The maximum Gasteiger partial charge on any atom is 0.322 e. The van der Waals surface area contributed by atoms with Gasteiger partial charge in [0.05, 0.1) is 19.3 Å². The molecule has 0 fully saturated rings. The minimum absolute atomic E-state index is 0.00591. The van der Waals surface area contributed by atoms with E-state index in [2.05, 4.69) is 20.3 Å². The number of methoxy groups -OCH3 is 1. The molecule has 0 unspecified atom stereocenters. The molecule has 0 aromatic carbocycles. The summed E-state index contributed by atoms with van der Waals surface area (Å²) in [4.78, 5) is 14.3. The summed E-state index contributed by atoms with van der Waals surface area (Å²) in [5, 5.41) is 12.4. The zero-order chi connectivity index (χ0) is 13.8. The third-order valence-corrected chi connectivity index (χ3v) is 2.72. The second-order valence-corrected chi connectivity index (χ2v) is 4.51. The summed E-state index contributed by atoms with van der Waals surface area (Å²) in [6, 6.07) is 0.247. The fourth-order valence-electron chi connectivity index (χ4n) is 1.20. The van der Waals surface area contributed by atoms with Gasteiger partial charge in [-0.25, -0.2) is 0 Å². The van der Waals surface area contributed by atoms with Gasteiger partial charge in [0.25, 0.3) is 0 Å². The Balaban J connectivity index is 3.11. The summed E-state index contributed by atoms with van der Waals surface area (Å²) in [6.07, 6.45) is 0. The number of nitrogens with one attached hydrogen (secondary N) is 1. The van der Waals surface area contributed by atoms with Crippen LogP contribution in [0.2, 0.25) is 0 Å². The zero-order valence-electron chi connectivity index (χ0n) is 11.6. The van der Waals surface area contributed by atoms with Crippen LogP contribution in [0.3, 0.4) is 0 Å². The minimum Gasteiger partial charge on any atom is -0.467 e. The van der Waals surface area contributed by atoms with E-state index in [4.69, 9.17) is 4.74 Å². The average molecular weight is 255 g/mol. The Hall–Kier alpha value is -1.63. The Labute approximate surface area is 107 Å². The summed E-state index contributed by atoms with van der Waals surface area (Å²) >= 11 is 0. The van der Waals surface area contributed by atoms with Crippen LogP contribution in [0.5, 0.6) is 6.01 Å². The monoisotopic (exact) mass is 255 g/mol. The van der Waals surface area contributed by atoms with Crippen molar-refractivity contribution >= 4 is 11.9 Å². The van der Waals surface area contributed by atoms with Gasteiger partial charge in [-0.15, -0.1) is 0 Å². The van der Waals surface area contributed by atoms with E-state index < -0.39 is 5.54 Å². The zero-order valence-corrected chi connectivity index (χ0v) is 11.6. The van der Waals surface area contributed by atoms with Crippen LogP contribution in [0.25, 0.3) is 0 Å². The lowest BCUT2D eigenvalue weighted by Crippen LogP contribution is -2.45. The predicted octanol–water partition coefficient (Wildman–Crippen LogP) is 0.519. The quantitative estimate of drug-likeness (QED) is 0.766. The molecule has 0 atom stereocenters. The molecule has 0 saturated heterocycles. The van der Waals surface area contributed by atoms with Crippen molar-refractivity contribution in [2.75, 3.05) is 37.5 Å². The Kier molecular flexibility index (Phi) is 4.66. The molecule has 1 heterocycles. The highest BCUT2D eigenvalue weighted by Crippen LogP contribution is 2.20. The molecule has 0 amide bonds. The van der Waals surface area contributed by atoms with E-state index in [-0.39, 0.29) is 12.6 Å². The standard InChI is InChI=1S/C11H21N5O2/c1-6-12-8-13-9(15-10(14-8)18-5)16(4)11(2,3)7-17/h17H,6-7H2,1-5H3,(H,12,13,14,15). The Morgan fingerprint density at radius 3 is 2.50 bits per heavy atom. The van der Waals surface area contributed by atoms with Gasteiger partial charge in [0.1, 0.15) is 0 Å². The van der Waals surface area contributed by atoms with E-state index in [1.807, 2.05) is 27.8 Å². The molecule has 0 saturated carbocycles. The average Bonchev–Trinajstić information content (AvgIpc) is 2.37. The van der Waals surface area contributed by atoms with Crippen molar-refractivity contribution < 1.29 is 9.84 Å². The Morgan fingerprint density at radius 2 is 2.00 bits per heavy atom. The van der Waals surface area contributed by atoms with Gasteiger partial charge in [0, 0.05) is 13.6 Å². The van der Waals surface area contributed by atoms with Gasteiger partial charge >= 0.3 is 6.01 Å². The molecular formula is C11H21N5O2. The van der Waals surface area contributed by atoms with Gasteiger partial charge in [-0.3, -0.25) is 0 Å². The van der Waals surface area contributed by atoms with Crippen LogP contribution in [0.4, 0.5) is 11.9 Å². The maximum atomic E-state index is 9.37. The van der Waals surface area contributed by atoms with Crippen LogP contribution >= 0.6 is 0 Å². The lowest BCUT2D eigenvalue weighted by Gasteiger charge is -2.33. The Bertz CT molecular complexity index is 397. The number of rotatable bonds is 6. The van der Waals surface area contributed by atoms with Gasteiger partial charge in [0.15, 0.2) is 0 Å². The first kappa shape index (κ1) is 14.4. The fourth-order valence-corrected chi connectivity index (χ4v) is 1.20. The third kappa shape index (κ3) is 3.19. The van der Waals surface area contributed by atoms with E-state index in [0.717, 1.165) is 0 Å². The van der Waals surface area contributed by atoms with Crippen molar-refractivity contribution in [2.24, 2.45) is 0 Å². The van der Waals surface area contributed by atoms with Crippen LogP contribution in [-0.4, -0.2) is 52.9 Å². The second kappa shape index (κ2) is 5.81. The van der Waals surface area contributed by atoms with Crippen molar-refractivity contribution in [2.45, 2.75) is 26.3 Å². The van der Waals surface area contributed by atoms with Crippen molar-refractivity contribution in [1.82, 2.24) is 15.0 Å². The highest BCUT2D eigenvalue weighted by atomic mass is 16.5. The van der Waals surface area contributed by atoms with Gasteiger partial charge in [-0.2, -0.15) is 15.0 Å². The molecule has 102 valence electrons. The van der Waals surface area contributed by atoms with Gasteiger partial charge in [-0.05, 0) is 20.8 Å². The molecule has 0 radical (unpaired) electrons. The molecule has 0 aliphatic heterocycles. The molecule has 0 aliphatic carbocycles. The van der Waals surface area contributed by atoms with E-state index in [1.165, 1.54) is 7.11 Å². The number of hydrogen-bond donors (Lipinski definition) is 2. The largest absolute Gasteiger partial charge is 0.467 e. The highest BCUT2D eigenvalue weighted by Gasteiger charge is 2.25. The fraction of sp³-hybridized carbons (Fsp3) is 0.727. The van der Waals surface area contributed by atoms with Crippen LogP contribution in [0, 0.1) is 0 Å². The number of aromatic nitrogens is 3. The van der Waals surface area contributed by atoms with Gasteiger partial charge < -0.3 is 20.1 Å². The van der Waals surface area contributed by atoms with Crippen molar-refractivity contribution in [3.8, 4) is 6.01 Å². The summed E-state index contributed by atoms with van der Waals surface area (Å²) in [7, 11) is 3.33. The molecule has 0 aliphatic rings. The Morgan fingerprint density at radius 1 is 1.33 bits per heavy atom. The van der Waals surface area contributed by atoms with Crippen LogP contribution in [0.1, 0.15) is 20.8 Å². The van der Waals surface area contributed by atoms with Crippen molar-refractivity contribution in [3.63, 3.8) is 0 Å². The number of aliphatic hydroxyl groups is 1. The predicted molar refractivity (Wildman–Crippen MR) is 70.1 cm³/mol. The topological polar surface area (TPSA) is 83.4 Å². The molecule has 7 heteroatoms. The number of likely N-dealkylation sites (N-methyl/N-ethyl adjacent to an activating group) is 1. The maximum absolute atomic E-state index is 9.37. The summed E-state index contributed by atoms with van der Waals surface area (Å²) in [5.41, 5.74) is -0.462. The first-order chi connectivity index (χ1) is 8.44. The van der Waals surface area contributed by atoms with Crippen LogP contribution < -0.4 is 15.0 Å². The molecule has 0 bridgehead atoms. The molecule has 1 aromatic rings. The van der Waals surface area contributed by atoms with E-state index in [0.29, 0.717) is 18.4 Å². The number of aliphatic hydroxyl groups excluding tert-OH is 1. The molecule has 1 rings (SSSR count). The summed E-state index contributed by atoms with van der Waals surface area (Å²) in [6.45, 7) is 6.46. The lowest BCUT2D eigenvalue weighted by molar-refractivity contribution is 0.214. The first-order valence-electron chi connectivity index (χ1n) is 5.83. The van der Waals surface area contributed by atoms with Crippen LogP contribution in [-0.2, 0) is 0 Å². The molecular weight excluding hydrogens is 234 g/mol. The number of nitrogens with zero attached hydrogens (tertiary/aromatic N) is 4. The number of ether oxygens (including phenoxy) is 1.